The molecule has 0 aromatic carbocycles. The van der Waals surface area contributed by atoms with Crippen molar-refractivity contribution in [2.24, 2.45) is 13.0 Å². The van der Waals surface area contributed by atoms with Crippen molar-refractivity contribution in [1.82, 2.24) is 19.7 Å². The van der Waals surface area contributed by atoms with Crippen molar-refractivity contribution in [3.8, 4) is 0 Å². The molecule has 2 aromatic heterocycles. The second-order valence-corrected chi connectivity index (χ2v) is 6.63. The molecule has 2 saturated heterocycles. The third-order valence-electron chi connectivity index (χ3n) is 5.22. The third-order valence-corrected chi connectivity index (χ3v) is 5.22. The minimum atomic E-state index is 0.204. The van der Waals surface area contributed by atoms with Crippen molar-refractivity contribution in [3.05, 3.63) is 18.5 Å². The molecule has 0 aliphatic carbocycles. The number of anilines is 1. The summed E-state index contributed by atoms with van der Waals surface area (Å²) in [4.78, 5) is 21.4. The van der Waals surface area contributed by atoms with Gasteiger partial charge in [-0.05, 0) is 31.7 Å². The van der Waals surface area contributed by atoms with Crippen LogP contribution < -0.4 is 4.90 Å². The molecule has 122 valence electrons. The predicted molar refractivity (Wildman–Crippen MR) is 89.3 cm³/mol. The van der Waals surface area contributed by atoms with Crippen LogP contribution in [0.3, 0.4) is 0 Å². The molecule has 0 atom stereocenters. The van der Waals surface area contributed by atoms with E-state index in [9.17, 15) is 4.79 Å². The zero-order valence-electron chi connectivity index (χ0n) is 13.6. The second-order valence-electron chi connectivity index (χ2n) is 6.63. The Morgan fingerprint density at radius 3 is 2.65 bits per heavy atom. The first-order valence-electron chi connectivity index (χ1n) is 8.54. The standard InChI is InChI=1S/C17H23N5O/c1-20-16-14(12-19-20)15(4-7-18-16)21-10-5-13(6-11-21)17(23)22-8-2-3-9-22/h4,7,12-13H,2-3,5-6,8-11H2,1H3. The van der Waals surface area contributed by atoms with Gasteiger partial charge in [0.15, 0.2) is 5.65 Å². The largest absolute Gasteiger partial charge is 0.371 e. The van der Waals surface area contributed by atoms with E-state index < -0.39 is 0 Å². The Labute approximate surface area is 136 Å². The lowest BCUT2D eigenvalue weighted by Crippen LogP contribution is -2.41. The number of piperidine rings is 1. The molecule has 0 unspecified atom stereocenters. The van der Waals surface area contributed by atoms with Gasteiger partial charge in [-0.2, -0.15) is 5.10 Å². The zero-order valence-corrected chi connectivity index (χ0v) is 13.6. The van der Waals surface area contributed by atoms with Crippen LogP contribution in [0.5, 0.6) is 0 Å². The normalized spacial score (nSPS) is 19.7. The number of carbonyl (C=O) groups excluding carboxylic acids is 1. The van der Waals surface area contributed by atoms with Gasteiger partial charge in [0.1, 0.15) is 0 Å². The molecular weight excluding hydrogens is 290 g/mol. The van der Waals surface area contributed by atoms with E-state index in [1.165, 1.54) is 18.5 Å². The van der Waals surface area contributed by atoms with E-state index in [1.807, 2.05) is 24.1 Å². The molecule has 0 spiro atoms. The number of amides is 1. The first kappa shape index (κ1) is 14.5. The third kappa shape index (κ3) is 2.56. The number of rotatable bonds is 2. The van der Waals surface area contributed by atoms with Gasteiger partial charge in [0.05, 0.1) is 17.3 Å². The van der Waals surface area contributed by atoms with Crippen LogP contribution in [0, 0.1) is 5.92 Å². The molecule has 0 bridgehead atoms. The summed E-state index contributed by atoms with van der Waals surface area (Å²) in [5, 5.41) is 5.41. The molecule has 2 aliphatic rings. The average Bonchev–Trinajstić information content (AvgIpc) is 3.25. The maximum atomic E-state index is 12.5. The van der Waals surface area contributed by atoms with Gasteiger partial charge in [0, 0.05) is 45.3 Å². The van der Waals surface area contributed by atoms with Crippen molar-refractivity contribution in [3.63, 3.8) is 0 Å². The molecule has 0 N–H and O–H groups in total. The summed E-state index contributed by atoms with van der Waals surface area (Å²) in [6, 6.07) is 2.06. The molecule has 6 nitrogen and oxygen atoms in total. The van der Waals surface area contributed by atoms with E-state index in [4.69, 9.17) is 0 Å². The van der Waals surface area contributed by atoms with Crippen LogP contribution in [-0.4, -0.2) is 51.8 Å². The monoisotopic (exact) mass is 313 g/mol. The lowest BCUT2D eigenvalue weighted by Gasteiger charge is -2.34. The van der Waals surface area contributed by atoms with Crippen LogP contribution in [-0.2, 0) is 11.8 Å². The van der Waals surface area contributed by atoms with E-state index in [0.29, 0.717) is 5.91 Å². The van der Waals surface area contributed by atoms with Gasteiger partial charge in [0.25, 0.3) is 0 Å². The van der Waals surface area contributed by atoms with E-state index in [1.54, 1.807) is 0 Å². The summed E-state index contributed by atoms with van der Waals surface area (Å²) in [5.41, 5.74) is 2.10. The number of hydrogen-bond acceptors (Lipinski definition) is 4. The molecule has 1 amide bonds. The van der Waals surface area contributed by atoms with Crippen molar-refractivity contribution in [2.75, 3.05) is 31.1 Å². The molecule has 6 heteroatoms. The maximum Gasteiger partial charge on any atom is 0.225 e. The highest BCUT2D eigenvalue weighted by Crippen LogP contribution is 2.30. The number of likely N-dealkylation sites (tertiary alicyclic amines) is 1. The summed E-state index contributed by atoms with van der Waals surface area (Å²) in [7, 11) is 1.92. The van der Waals surface area contributed by atoms with Gasteiger partial charge >= 0.3 is 0 Å². The van der Waals surface area contributed by atoms with Gasteiger partial charge in [-0.3, -0.25) is 9.48 Å². The van der Waals surface area contributed by atoms with E-state index in [0.717, 1.165) is 50.1 Å². The number of aromatic nitrogens is 3. The molecule has 4 rings (SSSR count). The Morgan fingerprint density at radius 1 is 1.17 bits per heavy atom. The minimum absolute atomic E-state index is 0.204. The Balaban J connectivity index is 1.47. The summed E-state index contributed by atoms with van der Waals surface area (Å²) in [6.07, 6.45) is 7.96. The van der Waals surface area contributed by atoms with Crippen LogP contribution in [0.1, 0.15) is 25.7 Å². The van der Waals surface area contributed by atoms with Gasteiger partial charge in [-0.25, -0.2) is 4.98 Å². The zero-order chi connectivity index (χ0) is 15.8. The first-order valence-corrected chi connectivity index (χ1v) is 8.54. The van der Waals surface area contributed by atoms with Crippen molar-refractivity contribution in [2.45, 2.75) is 25.7 Å². The minimum Gasteiger partial charge on any atom is -0.371 e. The van der Waals surface area contributed by atoms with Crippen LogP contribution in [0.15, 0.2) is 18.5 Å². The lowest BCUT2D eigenvalue weighted by molar-refractivity contribution is -0.135. The summed E-state index contributed by atoms with van der Waals surface area (Å²) in [5.74, 6) is 0.582. The number of hydrogen-bond donors (Lipinski definition) is 0. The maximum absolute atomic E-state index is 12.5. The highest BCUT2D eigenvalue weighted by molar-refractivity contribution is 5.89. The Kier molecular flexibility index (Phi) is 3.67. The highest BCUT2D eigenvalue weighted by Gasteiger charge is 2.30. The Morgan fingerprint density at radius 2 is 1.91 bits per heavy atom. The molecule has 4 heterocycles. The fourth-order valence-electron chi connectivity index (χ4n) is 3.87. The number of fused-ring (bicyclic) bond motifs is 1. The second kappa shape index (κ2) is 5.83. The number of aryl methyl sites for hydroxylation is 1. The predicted octanol–water partition coefficient (Wildman–Crippen LogP) is 1.81. The molecular formula is C17H23N5O. The van der Waals surface area contributed by atoms with E-state index in [-0.39, 0.29) is 5.92 Å². The van der Waals surface area contributed by atoms with Crippen LogP contribution in [0.4, 0.5) is 5.69 Å². The smallest absolute Gasteiger partial charge is 0.225 e. The summed E-state index contributed by atoms with van der Waals surface area (Å²) in [6.45, 7) is 3.77. The lowest BCUT2D eigenvalue weighted by atomic mass is 9.95. The molecule has 2 aliphatic heterocycles. The fourth-order valence-corrected chi connectivity index (χ4v) is 3.87. The fraction of sp³-hybridized carbons (Fsp3) is 0.588. The molecule has 2 fully saturated rings. The summed E-state index contributed by atoms with van der Waals surface area (Å²) < 4.78 is 1.81. The SMILES string of the molecule is Cn1ncc2c(N3CCC(C(=O)N4CCCC4)CC3)ccnc21. The van der Waals surface area contributed by atoms with Crippen molar-refractivity contribution >= 4 is 22.6 Å². The van der Waals surface area contributed by atoms with Crippen LogP contribution >= 0.6 is 0 Å². The van der Waals surface area contributed by atoms with Crippen LogP contribution in [0.2, 0.25) is 0 Å². The van der Waals surface area contributed by atoms with Gasteiger partial charge in [-0.15, -0.1) is 0 Å². The molecule has 2 aromatic rings. The molecule has 0 saturated carbocycles. The van der Waals surface area contributed by atoms with E-state index >= 15 is 0 Å². The Hall–Kier alpha value is -2.11. The first-order chi connectivity index (χ1) is 11.2. The highest BCUT2D eigenvalue weighted by atomic mass is 16.2. The number of pyridine rings is 1. The molecule has 23 heavy (non-hydrogen) atoms. The average molecular weight is 313 g/mol. The number of carbonyl (C=O) groups is 1. The number of nitrogens with zero attached hydrogens (tertiary/aromatic N) is 5. The van der Waals surface area contributed by atoms with E-state index in [2.05, 4.69) is 25.9 Å². The van der Waals surface area contributed by atoms with Crippen LogP contribution in [0.25, 0.3) is 11.0 Å². The summed E-state index contributed by atoms with van der Waals surface area (Å²) >= 11 is 0. The quantitative estimate of drug-likeness (QED) is 0.848. The van der Waals surface area contributed by atoms with Gasteiger partial charge < -0.3 is 9.80 Å². The van der Waals surface area contributed by atoms with Gasteiger partial charge in [0.2, 0.25) is 5.91 Å². The molecule has 0 radical (unpaired) electrons. The van der Waals surface area contributed by atoms with Crippen molar-refractivity contribution < 1.29 is 4.79 Å². The Bertz CT molecular complexity index is 711. The van der Waals surface area contributed by atoms with Gasteiger partial charge in [-0.1, -0.05) is 0 Å². The topological polar surface area (TPSA) is 54.3 Å². The van der Waals surface area contributed by atoms with Crippen molar-refractivity contribution in [1.29, 1.82) is 0 Å².